The lowest BCUT2D eigenvalue weighted by molar-refractivity contribution is 0.481. The van der Waals surface area contributed by atoms with Gasteiger partial charge in [0.05, 0.1) is 0 Å². The molecule has 0 aliphatic heterocycles. The fraction of sp³-hybridized carbons (Fsp3) is 0.368. The van der Waals surface area contributed by atoms with E-state index in [-0.39, 0.29) is 5.41 Å². The van der Waals surface area contributed by atoms with Gasteiger partial charge in [0.2, 0.25) is 0 Å². The summed E-state index contributed by atoms with van der Waals surface area (Å²) in [5.74, 6) is 0. The number of allylic oxidation sites excluding steroid dienone is 1. The SMILES string of the molecule is CCC1(CC)C(C)=Cc2ccc3cc(C)ccc3c21. The molecule has 98 valence electrons. The van der Waals surface area contributed by atoms with Crippen molar-refractivity contribution < 1.29 is 0 Å². The largest absolute Gasteiger partial charge is 0.0642 e. The molecule has 0 spiro atoms. The average Bonchev–Trinajstić information content (AvgIpc) is 2.70. The first kappa shape index (κ1) is 12.5. The molecular weight excluding hydrogens is 228 g/mol. The summed E-state index contributed by atoms with van der Waals surface area (Å²) in [4.78, 5) is 0. The molecule has 0 amide bonds. The zero-order valence-electron chi connectivity index (χ0n) is 12.4. The molecule has 2 aromatic rings. The van der Waals surface area contributed by atoms with Crippen molar-refractivity contribution in [2.24, 2.45) is 0 Å². The van der Waals surface area contributed by atoms with Gasteiger partial charge in [-0.05, 0) is 48.6 Å². The predicted molar refractivity (Wildman–Crippen MR) is 84.6 cm³/mol. The minimum absolute atomic E-state index is 0.254. The summed E-state index contributed by atoms with van der Waals surface area (Å²) in [5, 5.41) is 2.83. The third-order valence-electron chi connectivity index (χ3n) is 5.02. The predicted octanol–water partition coefficient (Wildman–Crippen LogP) is 5.62. The summed E-state index contributed by atoms with van der Waals surface area (Å²) >= 11 is 0. The Morgan fingerprint density at radius 1 is 0.947 bits per heavy atom. The van der Waals surface area contributed by atoms with Crippen LogP contribution in [-0.2, 0) is 5.41 Å². The first-order chi connectivity index (χ1) is 9.12. The van der Waals surface area contributed by atoms with Crippen LogP contribution < -0.4 is 0 Å². The van der Waals surface area contributed by atoms with E-state index in [0.717, 1.165) is 0 Å². The van der Waals surface area contributed by atoms with Crippen molar-refractivity contribution in [2.75, 3.05) is 0 Å². The third kappa shape index (κ3) is 1.59. The van der Waals surface area contributed by atoms with Gasteiger partial charge in [-0.15, -0.1) is 0 Å². The number of hydrogen-bond acceptors (Lipinski definition) is 0. The van der Waals surface area contributed by atoms with E-state index in [9.17, 15) is 0 Å². The van der Waals surface area contributed by atoms with Crippen molar-refractivity contribution in [3.05, 3.63) is 52.6 Å². The van der Waals surface area contributed by atoms with E-state index in [0.29, 0.717) is 0 Å². The summed E-state index contributed by atoms with van der Waals surface area (Å²) in [5.41, 5.74) is 6.11. The molecule has 19 heavy (non-hydrogen) atoms. The van der Waals surface area contributed by atoms with Crippen LogP contribution in [-0.4, -0.2) is 0 Å². The number of aryl methyl sites for hydroxylation is 1. The summed E-state index contributed by atoms with van der Waals surface area (Å²) in [6.07, 6.45) is 4.76. The van der Waals surface area contributed by atoms with E-state index < -0.39 is 0 Å². The van der Waals surface area contributed by atoms with Gasteiger partial charge in [0, 0.05) is 5.41 Å². The highest BCUT2D eigenvalue weighted by atomic mass is 14.4. The molecule has 0 atom stereocenters. The first-order valence-electron chi connectivity index (χ1n) is 7.35. The highest BCUT2D eigenvalue weighted by molar-refractivity contribution is 5.93. The van der Waals surface area contributed by atoms with E-state index in [1.807, 2.05) is 0 Å². The van der Waals surface area contributed by atoms with Gasteiger partial charge < -0.3 is 0 Å². The van der Waals surface area contributed by atoms with Crippen LogP contribution in [0.1, 0.15) is 50.3 Å². The Kier molecular flexibility index (Phi) is 2.78. The van der Waals surface area contributed by atoms with Crippen LogP contribution in [0.15, 0.2) is 35.9 Å². The molecule has 0 saturated carbocycles. The Morgan fingerprint density at radius 2 is 1.68 bits per heavy atom. The summed E-state index contributed by atoms with van der Waals surface area (Å²) in [6.45, 7) is 9.11. The van der Waals surface area contributed by atoms with E-state index in [2.05, 4.69) is 64.1 Å². The number of hydrogen-bond donors (Lipinski definition) is 0. The molecule has 0 radical (unpaired) electrons. The highest BCUT2D eigenvalue weighted by Crippen LogP contribution is 2.49. The molecule has 0 bridgehead atoms. The summed E-state index contributed by atoms with van der Waals surface area (Å²) in [6, 6.07) is 11.4. The van der Waals surface area contributed by atoms with Crippen molar-refractivity contribution in [3.8, 4) is 0 Å². The Bertz CT molecular complexity index is 670. The topological polar surface area (TPSA) is 0 Å². The maximum atomic E-state index is 2.39. The molecule has 0 N–H and O–H groups in total. The molecule has 1 aliphatic rings. The van der Waals surface area contributed by atoms with Crippen molar-refractivity contribution in [1.29, 1.82) is 0 Å². The second kappa shape index (κ2) is 4.23. The smallest absolute Gasteiger partial charge is 0.0169 e. The van der Waals surface area contributed by atoms with Gasteiger partial charge in [-0.1, -0.05) is 61.4 Å². The first-order valence-corrected chi connectivity index (χ1v) is 7.35. The molecule has 1 aliphatic carbocycles. The lowest BCUT2D eigenvalue weighted by atomic mass is 9.72. The number of fused-ring (bicyclic) bond motifs is 3. The maximum Gasteiger partial charge on any atom is 0.0169 e. The minimum atomic E-state index is 0.254. The van der Waals surface area contributed by atoms with Gasteiger partial charge in [0.25, 0.3) is 0 Å². The van der Waals surface area contributed by atoms with Crippen molar-refractivity contribution >= 4 is 16.8 Å². The van der Waals surface area contributed by atoms with Crippen LogP contribution in [0, 0.1) is 6.92 Å². The van der Waals surface area contributed by atoms with Crippen LogP contribution in [0.5, 0.6) is 0 Å². The maximum absolute atomic E-state index is 2.39. The molecule has 0 heteroatoms. The number of benzene rings is 2. The van der Waals surface area contributed by atoms with Crippen molar-refractivity contribution in [2.45, 2.75) is 46.0 Å². The zero-order chi connectivity index (χ0) is 13.6. The fourth-order valence-corrected chi connectivity index (χ4v) is 3.85. The Hall–Kier alpha value is -1.56. The van der Waals surface area contributed by atoms with Crippen molar-refractivity contribution in [1.82, 2.24) is 0 Å². The summed E-state index contributed by atoms with van der Waals surface area (Å²) in [7, 11) is 0. The molecule has 0 fully saturated rings. The third-order valence-corrected chi connectivity index (χ3v) is 5.02. The van der Waals surface area contributed by atoms with Crippen LogP contribution in [0.2, 0.25) is 0 Å². The van der Waals surface area contributed by atoms with Crippen LogP contribution >= 0.6 is 0 Å². The molecule has 3 rings (SSSR count). The highest BCUT2D eigenvalue weighted by Gasteiger charge is 2.37. The van der Waals surface area contributed by atoms with E-state index in [1.165, 1.54) is 40.3 Å². The second-order valence-corrected chi connectivity index (χ2v) is 5.87. The van der Waals surface area contributed by atoms with Gasteiger partial charge in [-0.2, -0.15) is 0 Å². The fourth-order valence-electron chi connectivity index (χ4n) is 3.85. The van der Waals surface area contributed by atoms with Gasteiger partial charge in [-0.25, -0.2) is 0 Å². The van der Waals surface area contributed by atoms with Crippen LogP contribution in [0.25, 0.3) is 16.8 Å². The van der Waals surface area contributed by atoms with E-state index in [4.69, 9.17) is 0 Å². The quantitative estimate of drug-likeness (QED) is 0.648. The Morgan fingerprint density at radius 3 is 2.37 bits per heavy atom. The van der Waals surface area contributed by atoms with Crippen LogP contribution in [0.3, 0.4) is 0 Å². The monoisotopic (exact) mass is 250 g/mol. The molecule has 0 unspecified atom stereocenters. The summed E-state index contributed by atoms with van der Waals surface area (Å²) < 4.78 is 0. The Balaban J connectivity index is 2.38. The normalized spacial score (nSPS) is 16.5. The molecule has 0 saturated heterocycles. The van der Waals surface area contributed by atoms with Crippen LogP contribution in [0.4, 0.5) is 0 Å². The van der Waals surface area contributed by atoms with Gasteiger partial charge in [0.15, 0.2) is 0 Å². The Labute approximate surface area is 116 Å². The molecule has 2 aromatic carbocycles. The van der Waals surface area contributed by atoms with Gasteiger partial charge >= 0.3 is 0 Å². The molecule has 0 nitrogen and oxygen atoms in total. The lowest BCUT2D eigenvalue weighted by Gasteiger charge is -2.31. The number of rotatable bonds is 2. The lowest BCUT2D eigenvalue weighted by Crippen LogP contribution is -2.23. The van der Waals surface area contributed by atoms with Crippen molar-refractivity contribution in [3.63, 3.8) is 0 Å². The van der Waals surface area contributed by atoms with E-state index >= 15 is 0 Å². The zero-order valence-corrected chi connectivity index (χ0v) is 12.4. The minimum Gasteiger partial charge on any atom is -0.0642 e. The molecular formula is C19H22. The molecule has 0 aromatic heterocycles. The standard InChI is InChI=1S/C19H22/c1-5-19(6-2)14(4)12-16-9-8-15-11-13(3)7-10-17(15)18(16)19/h7-12H,5-6H2,1-4H3. The average molecular weight is 250 g/mol. The molecule has 0 heterocycles. The van der Waals surface area contributed by atoms with Gasteiger partial charge in [0.1, 0.15) is 0 Å². The van der Waals surface area contributed by atoms with E-state index in [1.54, 1.807) is 5.56 Å². The second-order valence-electron chi connectivity index (χ2n) is 5.87. The van der Waals surface area contributed by atoms with Gasteiger partial charge in [-0.3, -0.25) is 0 Å².